The van der Waals surface area contributed by atoms with Crippen molar-refractivity contribution in [2.24, 2.45) is 0 Å². The standard InChI is InChI=1S/C13H10Cl2O2S2/c1-17-13(16)11-4-3-10(19-11)7-5-9(15)12(18-2)6-8(7)14/h3-6H,1-2H3. The maximum atomic E-state index is 11.4. The molecule has 0 atom stereocenters. The SMILES string of the molecule is COC(=O)c1ccc(-c2cc(Cl)c(SC)cc2Cl)s1. The van der Waals surface area contributed by atoms with Gasteiger partial charge in [-0.05, 0) is 30.5 Å². The summed E-state index contributed by atoms with van der Waals surface area (Å²) in [4.78, 5) is 13.8. The molecule has 0 unspecified atom stereocenters. The van der Waals surface area contributed by atoms with Crippen LogP contribution in [-0.2, 0) is 4.74 Å². The van der Waals surface area contributed by atoms with Gasteiger partial charge in [0.25, 0.3) is 0 Å². The van der Waals surface area contributed by atoms with E-state index in [0.29, 0.717) is 14.9 Å². The molecule has 0 saturated carbocycles. The molecule has 100 valence electrons. The molecule has 0 N–H and O–H groups in total. The fourth-order valence-electron chi connectivity index (χ4n) is 1.57. The van der Waals surface area contributed by atoms with Gasteiger partial charge in [0, 0.05) is 15.3 Å². The predicted octanol–water partition coefficient (Wildman–Crippen LogP) is 5.23. The zero-order valence-corrected chi connectivity index (χ0v) is 13.3. The molecular formula is C13H10Cl2O2S2. The largest absolute Gasteiger partial charge is 0.465 e. The van der Waals surface area contributed by atoms with E-state index in [9.17, 15) is 4.79 Å². The Kier molecular flexibility index (Phi) is 4.79. The molecule has 6 heteroatoms. The fraction of sp³-hybridized carbons (Fsp3) is 0.154. The van der Waals surface area contributed by atoms with Gasteiger partial charge in [-0.2, -0.15) is 0 Å². The Hall–Kier alpha value is -0.680. The molecule has 0 spiro atoms. The van der Waals surface area contributed by atoms with Gasteiger partial charge in [-0.15, -0.1) is 23.1 Å². The number of carbonyl (C=O) groups excluding carboxylic acids is 1. The van der Waals surface area contributed by atoms with Gasteiger partial charge in [-0.1, -0.05) is 23.2 Å². The zero-order chi connectivity index (χ0) is 14.0. The first-order chi connectivity index (χ1) is 9.06. The topological polar surface area (TPSA) is 26.3 Å². The molecule has 0 aliphatic heterocycles. The summed E-state index contributed by atoms with van der Waals surface area (Å²) in [6.45, 7) is 0. The van der Waals surface area contributed by atoms with E-state index < -0.39 is 0 Å². The number of methoxy groups -OCH3 is 1. The molecular weight excluding hydrogens is 323 g/mol. The molecule has 19 heavy (non-hydrogen) atoms. The third-order valence-corrected chi connectivity index (χ3v) is 5.11. The lowest BCUT2D eigenvalue weighted by Crippen LogP contribution is -1.96. The average molecular weight is 333 g/mol. The summed E-state index contributed by atoms with van der Waals surface area (Å²) in [5, 5.41) is 1.27. The highest BCUT2D eigenvalue weighted by Crippen LogP contribution is 2.39. The van der Waals surface area contributed by atoms with Crippen LogP contribution in [-0.4, -0.2) is 19.3 Å². The van der Waals surface area contributed by atoms with Crippen molar-refractivity contribution in [1.82, 2.24) is 0 Å². The smallest absolute Gasteiger partial charge is 0.348 e. The molecule has 0 fully saturated rings. The number of esters is 1. The number of carbonyl (C=O) groups is 1. The summed E-state index contributed by atoms with van der Waals surface area (Å²) in [5.74, 6) is -0.348. The molecule has 1 aromatic heterocycles. The fourth-order valence-corrected chi connectivity index (χ4v) is 3.79. The zero-order valence-electron chi connectivity index (χ0n) is 10.2. The van der Waals surface area contributed by atoms with Crippen LogP contribution in [0.15, 0.2) is 29.2 Å². The summed E-state index contributed by atoms with van der Waals surface area (Å²) >= 11 is 15.3. The minimum Gasteiger partial charge on any atom is -0.465 e. The van der Waals surface area contributed by atoms with Gasteiger partial charge in [0.15, 0.2) is 0 Å². The van der Waals surface area contributed by atoms with Crippen molar-refractivity contribution in [3.05, 3.63) is 39.2 Å². The second-order valence-corrected chi connectivity index (χ2v) is 6.37. The van der Waals surface area contributed by atoms with Crippen LogP contribution in [0.1, 0.15) is 9.67 Å². The van der Waals surface area contributed by atoms with E-state index in [1.54, 1.807) is 17.8 Å². The van der Waals surface area contributed by atoms with Crippen molar-refractivity contribution in [1.29, 1.82) is 0 Å². The number of halogens is 2. The van der Waals surface area contributed by atoms with Gasteiger partial charge in [0.2, 0.25) is 0 Å². The van der Waals surface area contributed by atoms with Crippen molar-refractivity contribution >= 4 is 52.3 Å². The molecule has 0 aliphatic carbocycles. The maximum Gasteiger partial charge on any atom is 0.348 e. The van der Waals surface area contributed by atoms with Gasteiger partial charge in [0.05, 0.1) is 17.2 Å². The van der Waals surface area contributed by atoms with Gasteiger partial charge >= 0.3 is 5.97 Å². The Bertz CT molecular complexity index is 623. The highest BCUT2D eigenvalue weighted by Gasteiger charge is 2.14. The summed E-state index contributed by atoms with van der Waals surface area (Å²) in [6.07, 6.45) is 1.94. The van der Waals surface area contributed by atoms with E-state index >= 15 is 0 Å². The predicted molar refractivity (Wildman–Crippen MR) is 82.9 cm³/mol. The minimum absolute atomic E-state index is 0.348. The van der Waals surface area contributed by atoms with E-state index in [1.165, 1.54) is 18.4 Å². The quantitative estimate of drug-likeness (QED) is 0.568. The number of hydrogen-bond donors (Lipinski definition) is 0. The lowest BCUT2D eigenvalue weighted by molar-refractivity contribution is 0.0606. The van der Waals surface area contributed by atoms with E-state index in [0.717, 1.165) is 15.3 Å². The van der Waals surface area contributed by atoms with Crippen molar-refractivity contribution < 1.29 is 9.53 Å². The summed E-state index contributed by atoms with van der Waals surface area (Å²) < 4.78 is 4.69. The van der Waals surface area contributed by atoms with Gasteiger partial charge in [-0.3, -0.25) is 0 Å². The number of thioether (sulfide) groups is 1. The first kappa shape index (κ1) is 14.7. The highest BCUT2D eigenvalue weighted by atomic mass is 35.5. The molecule has 0 saturated heterocycles. The minimum atomic E-state index is -0.348. The van der Waals surface area contributed by atoms with Crippen molar-refractivity contribution in [3.8, 4) is 10.4 Å². The van der Waals surface area contributed by atoms with Crippen LogP contribution in [0, 0.1) is 0 Å². The molecule has 0 radical (unpaired) electrons. The number of rotatable bonds is 3. The first-order valence-electron chi connectivity index (χ1n) is 5.28. The summed E-state index contributed by atoms with van der Waals surface area (Å²) in [5.41, 5.74) is 0.824. The Morgan fingerprint density at radius 3 is 2.63 bits per heavy atom. The van der Waals surface area contributed by atoms with Crippen LogP contribution in [0.5, 0.6) is 0 Å². The van der Waals surface area contributed by atoms with Crippen molar-refractivity contribution in [2.45, 2.75) is 4.90 Å². The van der Waals surface area contributed by atoms with Crippen LogP contribution in [0.4, 0.5) is 0 Å². The molecule has 2 nitrogen and oxygen atoms in total. The number of hydrogen-bond acceptors (Lipinski definition) is 4. The number of benzene rings is 1. The molecule has 0 aliphatic rings. The molecule has 2 aromatic rings. The summed E-state index contributed by atoms with van der Waals surface area (Å²) in [6, 6.07) is 7.22. The third-order valence-electron chi connectivity index (χ3n) is 2.50. The van der Waals surface area contributed by atoms with E-state index in [2.05, 4.69) is 4.74 Å². The highest BCUT2D eigenvalue weighted by molar-refractivity contribution is 7.98. The Morgan fingerprint density at radius 1 is 1.26 bits per heavy atom. The Balaban J connectivity index is 2.44. The van der Waals surface area contributed by atoms with Gasteiger partial charge < -0.3 is 4.74 Å². The lowest BCUT2D eigenvalue weighted by Gasteiger charge is -2.06. The normalized spacial score (nSPS) is 10.5. The number of ether oxygens (including phenoxy) is 1. The third kappa shape index (κ3) is 3.08. The van der Waals surface area contributed by atoms with Crippen LogP contribution < -0.4 is 0 Å². The second-order valence-electron chi connectivity index (χ2n) is 3.62. The van der Waals surface area contributed by atoms with Crippen molar-refractivity contribution in [2.75, 3.05) is 13.4 Å². The molecule has 0 bridgehead atoms. The monoisotopic (exact) mass is 332 g/mol. The molecule has 1 aromatic carbocycles. The summed E-state index contributed by atoms with van der Waals surface area (Å²) in [7, 11) is 1.36. The average Bonchev–Trinajstić information content (AvgIpc) is 2.89. The van der Waals surface area contributed by atoms with E-state index in [-0.39, 0.29) is 5.97 Å². The Morgan fingerprint density at radius 2 is 2.00 bits per heavy atom. The second kappa shape index (κ2) is 6.18. The van der Waals surface area contributed by atoms with Crippen LogP contribution in [0.2, 0.25) is 10.0 Å². The molecule has 0 amide bonds. The molecule has 1 heterocycles. The van der Waals surface area contributed by atoms with Gasteiger partial charge in [0.1, 0.15) is 4.88 Å². The van der Waals surface area contributed by atoms with Crippen LogP contribution in [0.25, 0.3) is 10.4 Å². The van der Waals surface area contributed by atoms with E-state index in [1.807, 2.05) is 24.5 Å². The van der Waals surface area contributed by atoms with Gasteiger partial charge in [-0.25, -0.2) is 4.79 Å². The van der Waals surface area contributed by atoms with Crippen molar-refractivity contribution in [3.63, 3.8) is 0 Å². The molecule has 2 rings (SSSR count). The number of thiophene rings is 1. The maximum absolute atomic E-state index is 11.4. The van der Waals surface area contributed by atoms with Crippen LogP contribution in [0.3, 0.4) is 0 Å². The lowest BCUT2D eigenvalue weighted by atomic mass is 10.2. The Labute approximate surface area is 129 Å². The van der Waals surface area contributed by atoms with Crippen LogP contribution >= 0.6 is 46.3 Å². The van der Waals surface area contributed by atoms with E-state index in [4.69, 9.17) is 23.2 Å². The first-order valence-corrected chi connectivity index (χ1v) is 8.08.